The number of alkyl halides is 3. The van der Waals surface area contributed by atoms with Crippen LogP contribution in [0.1, 0.15) is 49.3 Å². The third-order valence-electron chi connectivity index (χ3n) is 3.52. The van der Waals surface area contributed by atoms with Gasteiger partial charge in [0.25, 0.3) is 0 Å². The molecule has 0 aliphatic carbocycles. The number of benzene rings is 1. The Labute approximate surface area is 165 Å². The maximum Gasteiger partial charge on any atom is 0.423 e. The normalized spacial score (nSPS) is 11.9. The van der Waals surface area contributed by atoms with Crippen molar-refractivity contribution in [3.8, 4) is 0 Å². The number of halogens is 3. The molecule has 0 fully saturated rings. The smallest absolute Gasteiger partial charge is 0.423 e. The Kier molecular flexibility index (Phi) is 6.24. The Balaban J connectivity index is 2.58. The highest BCUT2D eigenvalue weighted by Crippen LogP contribution is 2.36. The minimum Gasteiger partial charge on any atom is -0.461 e. The zero-order valence-electron chi connectivity index (χ0n) is 16.6. The lowest BCUT2D eigenvalue weighted by Crippen LogP contribution is -2.34. The molecule has 1 amide bonds. The van der Waals surface area contributed by atoms with Gasteiger partial charge in [0.05, 0.1) is 17.9 Å². The molecule has 0 saturated carbocycles. The minimum absolute atomic E-state index is 0.0868. The van der Waals surface area contributed by atoms with Crippen LogP contribution in [0.4, 0.5) is 29.7 Å². The number of nitrogens with zero attached hydrogens (tertiary/aromatic N) is 2. The van der Waals surface area contributed by atoms with Crippen molar-refractivity contribution in [2.75, 3.05) is 11.5 Å². The molecule has 1 aromatic heterocycles. The first-order valence-corrected chi connectivity index (χ1v) is 8.67. The maximum atomic E-state index is 13.2. The highest BCUT2D eigenvalue weighted by atomic mass is 19.4. The predicted molar refractivity (Wildman–Crippen MR) is 97.0 cm³/mol. The molecule has 0 atom stereocenters. The van der Waals surface area contributed by atoms with Crippen molar-refractivity contribution < 1.29 is 36.7 Å². The lowest BCUT2D eigenvalue weighted by Gasteiger charge is -2.26. The van der Waals surface area contributed by atoms with Gasteiger partial charge in [-0.05, 0) is 52.3 Å². The van der Waals surface area contributed by atoms with Gasteiger partial charge in [-0.2, -0.15) is 23.1 Å². The number of rotatable bonds is 4. The fraction of sp³-hybridized carbons (Fsp3) is 0.421. The fourth-order valence-corrected chi connectivity index (χ4v) is 2.28. The number of hydrogen-bond acceptors (Lipinski definition) is 6. The summed E-state index contributed by atoms with van der Waals surface area (Å²) in [5.74, 6) is -0.799. The van der Waals surface area contributed by atoms with E-state index in [-0.39, 0.29) is 18.0 Å². The van der Waals surface area contributed by atoms with E-state index in [1.807, 2.05) is 0 Å². The second-order valence-corrected chi connectivity index (χ2v) is 7.05. The van der Waals surface area contributed by atoms with Crippen molar-refractivity contribution in [3.63, 3.8) is 0 Å². The van der Waals surface area contributed by atoms with E-state index in [0.717, 1.165) is 23.3 Å². The van der Waals surface area contributed by atoms with Gasteiger partial charge in [-0.25, -0.2) is 9.59 Å². The number of aromatic nitrogens is 1. The summed E-state index contributed by atoms with van der Waals surface area (Å²) >= 11 is 0. The molecular formula is C19H21F3N2O5. The van der Waals surface area contributed by atoms with E-state index in [1.165, 1.54) is 13.0 Å². The first kappa shape index (κ1) is 22.3. The van der Waals surface area contributed by atoms with Gasteiger partial charge < -0.3 is 13.9 Å². The van der Waals surface area contributed by atoms with Crippen molar-refractivity contribution >= 4 is 23.8 Å². The molecule has 0 aliphatic rings. The van der Waals surface area contributed by atoms with Crippen LogP contribution < -0.4 is 4.90 Å². The largest absolute Gasteiger partial charge is 0.461 e. The Morgan fingerprint density at radius 2 is 1.86 bits per heavy atom. The third kappa shape index (κ3) is 5.49. The van der Waals surface area contributed by atoms with Crippen LogP contribution in [0.25, 0.3) is 0 Å². The maximum absolute atomic E-state index is 13.2. The molecule has 2 rings (SSSR count). The monoisotopic (exact) mass is 414 g/mol. The number of anilines is 2. The summed E-state index contributed by atoms with van der Waals surface area (Å²) in [5.41, 5.74) is -1.96. The second-order valence-electron chi connectivity index (χ2n) is 7.05. The zero-order chi connectivity index (χ0) is 22.0. The summed E-state index contributed by atoms with van der Waals surface area (Å²) < 4.78 is 54.9. The van der Waals surface area contributed by atoms with Crippen LogP contribution in [0.15, 0.2) is 28.9 Å². The van der Waals surface area contributed by atoms with Crippen LogP contribution in [0.3, 0.4) is 0 Å². The van der Waals surface area contributed by atoms with Crippen LogP contribution in [0, 0.1) is 6.92 Å². The summed E-state index contributed by atoms with van der Waals surface area (Å²) in [6.07, 6.45) is -4.69. The predicted octanol–water partition coefficient (Wildman–Crippen LogP) is 5.25. The van der Waals surface area contributed by atoms with Gasteiger partial charge in [0, 0.05) is 0 Å². The first-order chi connectivity index (χ1) is 13.3. The van der Waals surface area contributed by atoms with Crippen molar-refractivity contribution in [2.45, 2.75) is 46.4 Å². The number of amides is 1. The number of esters is 1. The van der Waals surface area contributed by atoms with E-state index >= 15 is 0 Å². The van der Waals surface area contributed by atoms with E-state index in [9.17, 15) is 22.8 Å². The highest BCUT2D eigenvalue weighted by Gasteiger charge is 2.35. The van der Waals surface area contributed by atoms with E-state index in [4.69, 9.17) is 13.9 Å². The van der Waals surface area contributed by atoms with Crippen LogP contribution in [0.2, 0.25) is 0 Å². The molecule has 158 valence electrons. The molecule has 2 aromatic rings. The number of aryl methyl sites for hydroxylation is 1. The standard InChI is InChI=1S/C19H21F3N2O5/c1-6-27-15(25)13-10-28-16(23-13)24(17(26)29-18(3,4)5)14-9-12(19(20,21)22)8-7-11(14)2/h7-10H,6H2,1-5H3. The van der Waals surface area contributed by atoms with Gasteiger partial charge >= 0.3 is 24.3 Å². The van der Waals surface area contributed by atoms with Crippen LogP contribution in [-0.4, -0.2) is 29.3 Å². The van der Waals surface area contributed by atoms with Gasteiger partial charge in [-0.15, -0.1) is 0 Å². The molecular weight excluding hydrogens is 393 g/mol. The topological polar surface area (TPSA) is 81.9 Å². The number of ether oxygens (including phenoxy) is 2. The third-order valence-corrected chi connectivity index (χ3v) is 3.52. The summed E-state index contributed by atoms with van der Waals surface area (Å²) in [4.78, 5) is 29.3. The lowest BCUT2D eigenvalue weighted by atomic mass is 10.1. The van der Waals surface area contributed by atoms with Gasteiger partial charge in [0.1, 0.15) is 11.9 Å². The summed E-state index contributed by atoms with van der Waals surface area (Å²) in [5, 5.41) is 0. The molecule has 0 aliphatic heterocycles. The van der Waals surface area contributed by atoms with Crippen molar-refractivity contribution in [1.29, 1.82) is 0 Å². The molecule has 1 aromatic carbocycles. The van der Waals surface area contributed by atoms with Gasteiger partial charge in [0.15, 0.2) is 5.69 Å². The van der Waals surface area contributed by atoms with Crippen LogP contribution >= 0.6 is 0 Å². The number of oxazole rings is 1. The van der Waals surface area contributed by atoms with Gasteiger partial charge in [0.2, 0.25) is 0 Å². The Bertz CT molecular complexity index is 900. The van der Waals surface area contributed by atoms with E-state index in [1.54, 1.807) is 27.7 Å². The molecule has 0 radical (unpaired) electrons. The van der Waals surface area contributed by atoms with E-state index in [2.05, 4.69) is 4.98 Å². The average molecular weight is 414 g/mol. The average Bonchev–Trinajstić information content (AvgIpc) is 3.04. The minimum atomic E-state index is -4.63. The Morgan fingerprint density at radius 3 is 2.41 bits per heavy atom. The zero-order valence-corrected chi connectivity index (χ0v) is 16.6. The molecule has 0 saturated heterocycles. The highest BCUT2D eigenvalue weighted by molar-refractivity contribution is 5.95. The second kappa shape index (κ2) is 8.14. The SMILES string of the molecule is CCOC(=O)c1coc(N(C(=O)OC(C)(C)C)c2cc(C(F)(F)F)ccc2C)n1. The lowest BCUT2D eigenvalue weighted by molar-refractivity contribution is -0.137. The summed E-state index contributed by atoms with van der Waals surface area (Å²) in [7, 11) is 0. The molecule has 0 N–H and O–H groups in total. The molecule has 1 heterocycles. The number of hydrogen-bond donors (Lipinski definition) is 0. The summed E-state index contributed by atoms with van der Waals surface area (Å²) in [6.45, 7) is 7.99. The van der Waals surface area contributed by atoms with Crippen molar-refractivity contribution in [2.24, 2.45) is 0 Å². The van der Waals surface area contributed by atoms with Crippen LogP contribution in [-0.2, 0) is 15.7 Å². The Hall–Kier alpha value is -3.04. The quantitative estimate of drug-likeness (QED) is 0.636. The Morgan fingerprint density at radius 1 is 1.21 bits per heavy atom. The molecule has 10 heteroatoms. The van der Waals surface area contributed by atoms with Crippen LogP contribution in [0.5, 0.6) is 0 Å². The molecule has 7 nitrogen and oxygen atoms in total. The summed E-state index contributed by atoms with van der Waals surface area (Å²) in [6, 6.07) is 2.47. The van der Waals surface area contributed by atoms with Gasteiger partial charge in [-0.3, -0.25) is 0 Å². The van der Waals surface area contributed by atoms with E-state index < -0.39 is 35.4 Å². The molecule has 0 unspecified atom stereocenters. The first-order valence-electron chi connectivity index (χ1n) is 8.67. The van der Waals surface area contributed by atoms with Crippen molar-refractivity contribution in [1.82, 2.24) is 4.98 Å². The molecule has 0 bridgehead atoms. The van der Waals surface area contributed by atoms with Crippen molar-refractivity contribution in [3.05, 3.63) is 41.3 Å². The fourth-order valence-electron chi connectivity index (χ4n) is 2.28. The molecule has 0 spiro atoms. The number of carbonyl (C=O) groups excluding carboxylic acids is 2. The van der Waals surface area contributed by atoms with E-state index in [0.29, 0.717) is 5.56 Å². The molecule has 29 heavy (non-hydrogen) atoms. The van der Waals surface area contributed by atoms with Gasteiger partial charge in [-0.1, -0.05) is 6.07 Å². The number of carbonyl (C=O) groups is 2.